The lowest BCUT2D eigenvalue weighted by atomic mass is 10.1. The number of imidazole rings is 1. The van der Waals surface area contributed by atoms with Crippen molar-refractivity contribution in [2.75, 3.05) is 38.2 Å². The number of aromatic nitrogens is 4. The van der Waals surface area contributed by atoms with Crippen LogP contribution < -0.4 is 20.5 Å². The van der Waals surface area contributed by atoms with Gasteiger partial charge >= 0.3 is 24.1 Å². The lowest BCUT2D eigenvalue weighted by molar-refractivity contribution is -0.192. The number of fused-ring (bicyclic) bond motifs is 1. The molecule has 0 saturated carbocycles. The summed E-state index contributed by atoms with van der Waals surface area (Å²) in [7, 11) is 2.84. The zero-order valence-electron chi connectivity index (χ0n) is 21.9. The van der Waals surface area contributed by atoms with Crippen molar-refractivity contribution in [2.45, 2.75) is 25.7 Å². The molecule has 1 aliphatic heterocycles. The van der Waals surface area contributed by atoms with E-state index in [2.05, 4.69) is 32.0 Å². The molecule has 12 nitrogen and oxygen atoms in total. The average molecular weight is 565 g/mol. The lowest BCUT2D eigenvalue weighted by Gasteiger charge is -2.28. The van der Waals surface area contributed by atoms with Crippen molar-refractivity contribution in [3.8, 4) is 17.9 Å². The van der Waals surface area contributed by atoms with Crippen molar-refractivity contribution in [3.05, 3.63) is 46.2 Å². The van der Waals surface area contributed by atoms with E-state index in [-0.39, 0.29) is 17.2 Å². The van der Waals surface area contributed by atoms with Gasteiger partial charge in [0.15, 0.2) is 11.2 Å². The number of nitrogens with one attached hydrogen (secondary N) is 1. The standard InChI is InChI=1S/C23H26N6O4.C2HF3O2/c1-4-5-13-29-17-19(25-22(29)28-14-11-24-12-15-28)26-23(27(2)20(17)30)33-18(21(31)32-3)16-9-7-6-8-10-16;3-2(4,5)1(6)7/h6-10,18,24H,11-15H2,1-3H3;(H,6,7). The third kappa shape index (κ3) is 6.89. The number of anilines is 1. The second-order valence-corrected chi connectivity index (χ2v) is 8.33. The quantitative estimate of drug-likeness (QED) is 0.334. The number of rotatable bonds is 6. The Hall–Kier alpha value is -4.58. The normalized spacial score (nSPS) is 13.9. The van der Waals surface area contributed by atoms with Crippen LogP contribution in [0.2, 0.25) is 0 Å². The Morgan fingerprint density at radius 2 is 1.80 bits per heavy atom. The van der Waals surface area contributed by atoms with E-state index in [9.17, 15) is 22.8 Å². The number of piperazine rings is 1. The number of halogens is 3. The summed E-state index contributed by atoms with van der Waals surface area (Å²) in [5, 5.41) is 10.4. The summed E-state index contributed by atoms with van der Waals surface area (Å²) < 4.78 is 45.7. The molecule has 1 unspecified atom stereocenters. The highest BCUT2D eigenvalue weighted by Gasteiger charge is 2.38. The Bertz CT molecular complexity index is 1470. The van der Waals surface area contributed by atoms with Crippen molar-refractivity contribution in [1.82, 2.24) is 24.4 Å². The van der Waals surface area contributed by atoms with Gasteiger partial charge in [-0.25, -0.2) is 9.59 Å². The molecule has 1 aliphatic rings. The number of hydrogen-bond donors (Lipinski definition) is 2. The van der Waals surface area contributed by atoms with Crippen molar-refractivity contribution in [3.63, 3.8) is 0 Å². The highest BCUT2D eigenvalue weighted by Crippen LogP contribution is 2.25. The topological polar surface area (TPSA) is 141 Å². The van der Waals surface area contributed by atoms with E-state index in [0.29, 0.717) is 23.6 Å². The maximum atomic E-state index is 13.4. The van der Waals surface area contributed by atoms with E-state index >= 15 is 0 Å². The molecule has 0 bridgehead atoms. The summed E-state index contributed by atoms with van der Waals surface area (Å²) in [6.45, 7) is 5.22. The molecule has 3 aromatic rings. The third-order valence-electron chi connectivity index (χ3n) is 5.72. The van der Waals surface area contributed by atoms with Crippen LogP contribution in [-0.2, 0) is 27.9 Å². The minimum absolute atomic E-state index is 0.0233. The SMILES string of the molecule is CC#CCn1c(N2CCNCC2)nc2nc(OC(C(=O)OC)c3ccccc3)n(C)c(=O)c21.O=C(O)C(F)(F)F. The second-order valence-electron chi connectivity index (χ2n) is 8.33. The van der Waals surface area contributed by atoms with Crippen LogP contribution in [0.3, 0.4) is 0 Å². The molecule has 1 fully saturated rings. The van der Waals surface area contributed by atoms with E-state index in [0.717, 1.165) is 26.2 Å². The molecule has 1 aromatic carbocycles. The van der Waals surface area contributed by atoms with E-state index in [1.165, 1.54) is 11.7 Å². The van der Waals surface area contributed by atoms with Crippen molar-refractivity contribution in [1.29, 1.82) is 0 Å². The number of benzene rings is 1. The van der Waals surface area contributed by atoms with Gasteiger partial charge in [-0.05, 0) is 6.92 Å². The van der Waals surface area contributed by atoms with Crippen LogP contribution in [0.15, 0.2) is 35.1 Å². The Morgan fingerprint density at radius 1 is 1.18 bits per heavy atom. The third-order valence-corrected chi connectivity index (χ3v) is 5.72. The number of alkyl halides is 3. The van der Waals surface area contributed by atoms with Gasteiger partial charge in [0.05, 0.1) is 13.7 Å². The molecule has 4 rings (SSSR count). The Kier molecular flexibility index (Phi) is 9.73. The highest BCUT2D eigenvalue weighted by molar-refractivity contribution is 5.77. The van der Waals surface area contributed by atoms with Crippen molar-refractivity contribution >= 4 is 29.1 Å². The van der Waals surface area contributed by atoms with E-state index in [1.807, 2.05) is 6.07 Å². The molecule has 2 N–H and O–H groups in total. The number of nitrogens with zero attached hydrogens (tertiary/aromatic N) is 5. The van der Waals surface area contributed by atoms with Gasteiger partial charge in [-0.2, -0.15) is 23.1 Å². The number of carbonyl (C=O) groups excluding carboxylic acids is 1. The van der Waals surface area contributed by atoms with Gasteiger partial charge in [0.1, 0.15) is 0 Å². The molecule has 3 heterocycles. The van der Waals surface area contributed by atoms with Crippen LogP contribution in [0.5, 0.6) is 6.01 Å². The number of aliphatic carboxylic acids is 1. The summed E-state index contributed by atoms with van der Waals surface area (Å²) in [6, 6.07) is 8.89. The molecule has 1 saturated heterocycles. The Morgan fingerprint density at radius 3 is 2.35 bits per heavy atom. The molecular formula is C25H27F3N6O6. The monoisotopic (exact) mass is 564 g/mol. The minimum atomic E-state index is -5.08. The van der Waals surface area contributed by atoms with Crippen LogP contribution in [0, 0.1) is 11.8 Å². The van der Waals surface area contributed by atoms with E-state index in [1.54, 1.807) is 42.8 Å². The summed E-state index contributed by atoms with van der Waals surface area (Å²) >= 11 is 0. The lowest BCUT2D eigenvalue weighted by Crippen LogP contribution is -2.44. The van der Waals surface area contributed by atoms with Crippen LogP contribution in [0.1, 0.15) is 18.6 Å². The summed E-state index contributed by atoms with van der Waals surface area (Å²) in [4.78, 5) is 46.0. The zero-order chi connectivity index (χ0) is 29.4. The molecule has 15 heteroatoms. The van der Waals surface area contributed by atoms with Crippen LogP contribution in [-0.4, -0.2) is 75.6 Å². The molecular weight excluding hydrogens is 537 g/mol. The molecule has 40 heavy (non-hydrogen) atoms. The summed E-state index contributed by atoms with van der Waals surface area (Å²) in [5.74, 6) is 3.19. The first-order valence-electron chi connectivity index (χ1n) is 11.9. The summed E-state index contributed by atoms with van der Waals surface area (Å²) in [5.41, 5.74) is 0.842. The predicted octanol–water partition coefficient (Wildman–Crippen LogP) is 1.49. The second kappa shape index (κ2) is 13.0. The molecule has 0 aliphatic carbocycles. The van der Waals surface area contributed by atoms with Crippen LogP contribution in [0.25, 0.3) is 11.2 Å². The number of methoxy groups -OCH3 is 1. The van der Waals surface area contributed by atoms with Crippen LogP contribution in [0.4, 0.5) is 19.1 Å². The largest absolute Gasteiger partial charge is 0.490 e. The van der Waals surface area contributed by atoms with Gasteiger partial charge in [0.2, 0.25) is 12.1 Å². The molecule has 0 radical (unpaired) electrons. The average Bonchev–Trinajstić information content (AvgIpc) is 3.31. The predicted molar refractivity (Wildman–Crippen MR) is 137 cm³/mol. The number of carbonyl (C=O) groups is 2. The van der Waals surface area contributed by atoms with Crippen molar-refractivity contribution < 1.29 is 37.3 Å². The van der Waals surface area contributed by atoms with Crippen LogP contribution >= 0.6 is 0 Å². The number of carboxylic acid groups (broad SMARTS) is 1. The molecule has 0 amide bonds. The van der Waals surface area contributed by atoms with E-state index in [4.69, 9.17) is 19.4 Å². The van der Waals surface area contributed by atoms with Gasteiger partial charge < -0.3 is 24.8 Å². The van der Waals surface area contributed by atoms with Gasteiger partial charge in [-0.3, -0.25) is 13.9 Å². The molecule has 2 aromatic heterocycles. The number of ether oxygens (including phenoxy) is 2. The fourth-order valence-electron chi connectivity index (χ4n) is 3.74. The highest BCUT2D eigenvalue weighted by atomic mass is 19.4. The van der Waals surface area contributed by atoms with Gasteiger partial charge in [-0.1, -0.05) is 36.3 Å². The number of hydrogen-bond acceptors (Lipinski definition) is 9. The first kappa shape index (κ1) is 30.0. The first-order valence-corrected chi connectivity index (χ1v) is 11.9. The first-order chi connectivity index (χ1) is 19.0. The van der Waals surface area contributed by atoms with E-state index < -0.39 is 24.2 Å². The smallest absolute Gasteiger partial charge is 0.475 e. The fourth-order valence-corrected chi connectivity index (χ4v) is 3.74. The molecule has 1 atom stereocenters. The molecule has 0 spiro atoms. The van der Waals surface area contributed by atoms with Gasteiger partial charge in [-0.15, -0.1) is 5.92 Å². The maximum absolute atomic E-state index is 13.4. The fraction of sp³-hybridized carbons (Fsp3) is 0.400. The minimum Gasteiger partial charge on any atom is -0.475 e. The Balaban J connectivity index is 0.000000559. The Labute approximate surface area is 226 Å². The number of carboxylic acids is 1. The maximum Gasteiger partial charge on any atom is 0.490 e. The molecule has 214 valence electrons. The zero-order valence-corrected chi connectivity index (χ0v) is 21.9. The van der Waals surface area contributed by atoms with Crippen molar-refractivity contribution in [2.24, 2.45) is 7.05 Å². The number of esters is 1. The summed E-state index contributed by atoms with van der Waals surface area (Å²) in [6.07, 6.45) is -6.16. The van der Waals surface area contributed by atoms with Gasteiger partial charge in [0.25, 0.3) is 5.56 Å². The van der Waals surface area contributed by atoms with Gasteiger partial charge in [0, 0.05) is 38.8 Å².